The average molecular weight is 162 g/mol. The summed E-state index contributed by atoms with van der Waals surface area (Å²) in [6.45, 7) is 1.85. The van der Waals surface area contributed by atoms with Crippen molar-refractivity contribution in [3.05, 3.63) is 35.4 Å². The first kappa shape index (κ1) is 8.53. The normalized spacial score (nSPS) is 10.4. The van der Waals surface area contributed by atoms with Crippen molar-refractivity contribution in [2.45, 2.75) is 6.92 Å². The molecule has 0 bridgehead atoms. The summed E-state index contributed by atoms with van der Waals surface area (Å²) in [5.41, 5.74) is 1.24. The molecule has 2 nitrogen and oxygen atoms in total. The van der Waals surface area contributed by atoms with Crippen LogP contribution < -0.4 is 0 Å². The summed E-state index contributed by atoms with van der Waals surface area (Å²) < 4.78 is 0. The van der Waals surface area contributed by atoms with Crippen LogP contribution in [0.3, 0.4) is 0 Å². The van der Waals surface area contributed by atoms with E-state index in [0.717, 1.165) is 6.29 Å². The molecule has 0 unspecified atom stereocenters. The van der Waals surface area contributed by atoms with E-state index in [0.29, 0.717) is 11.1 Å². The number of aromatic hydroxyl groups is 1. The highest BCUT2D eigenvalue weighted by molar-refractivity contribution is 5.77. The first-order valence-corrected chi connectivity index (χ1v) is 3.69. The van der Waals surface area contributed by atoms with Gasteiger partial charge >= 0.3 is 0 Å². The second-order valence-electron chi connectivity index (χ2n) is 2.44. The van der Waals surface area contributed by atoms with Gasteiger partial charge in [0.15, 0.2) is 0 Å². The van der Waals surface area contributed by atoms with E-state index in [1.807, 2.05) is 13.0 Å². The minimum atomic E-state index is 0.193. The monoisotopic (exact) mass is 162 g/mol. The molecule has 1 N–H and O–H groups in total. The Morgan fingerprint density at radius 1 is 1.42 bits per heavy atom. The third-order valence-electron chi connectivity index (χ3n) is 1.53. The van der Waals surface area contributed by atoms with Gasteiger partial charge in [-0.15, -0.1) is 0 Å². The molecule has 0 heterocycles. The Labute approximate surface area is 71.2 Å². The third kappa shape index (κ3) is 1.72. The predicted octanol–water partition coefficient (Wildman–Crippen LogP) is 2.24. The zero-order valence-electron chi connectivity index (χ0n) is 6.82. The van der Waals surface area contributed by atoms with Crippen LogP contribution in [-0.2, 0) is 0 Å². The second kappa shape index (κ2) is 3.72. The highest BCUT2D eigenvalue weighted by Gasteiger charge is 1.97. The van der Waals surface area contributed by atoms with Crippen LogP contribution in [-0.4, -0.2) is 11.4 Å². The lowest BCUT2D eigenvalue weighted by Gasteiger charge is -1.98. The van der Waals surface area contributed by atoms with Gasteiger partial charge in [-0.3, -0.25) is 4.79 Å². The van der Waals surface area contributed by atoms with Gasteiger partial charge in [0, 0.05) is 11.1 Å². The number of carbonyl (C=O) groups is 1. The molecule has 0 aliphatic heterocycles. The smallest absolute Gasteiger partial charge is 0.150 e. The number of phenols is 1. The maximum atomic E-state index is 10.4. The van der Waals surface area contributed by atoms with Crippen LogP contribution in [0.5, 0.6) is 5.75 Å². The second-order valence-corrected chi connectivity index (χ2v) is 2.44. The van der Waals surface area contributed by atoms with Crippen LogP contribution in [0.15, 0.2) is 24.3 Å². The van der Waals surface area contributed by atoms with Gasteiger partial charge in [-0.2, -0.15) is 0 Å². The Bertz CT molecular complexity index is 314. The highest BCUT2D eigenvalue weighted by Crippen LogP contribution is 2.18. The lowest BCUT2D eigenvalue weighted by atomic mass is 10.1. The minimum Gasteiger partial charge on any atom is -0.507 e. The fraction of sp³-hybridized carbons (Fsp3) is 0.100. The molecule has 0 atom stereocenters. The van der Waals surface area contributed by atoms with Crippen LogP contribution in [0, 0.1) is 0 Å². The molecule has 0 radical (unpaired) electrons. The first-order valence-electron chi connectivity index (χ1n) is 3.69. The van der Waals surface area contributed by atoms with Gasteiger partial charge in [-0.1, -0.05) is 12.2 Å². The van der Waals surface area contributed by atoms with Crippen molar-refractivity contribution >= 4 is 12.4 Å². The van der Waals surface area contributed by atoms with Crippen molar-refractivity contribution in [1.29, 1.82) is 0 Å². The van der Waals surface area contributed by atoms with E-state index < -0.39 is 0 Å². The van der Waals surface area contributed by atoms with E-state index in [-0.39, 0.29) is 5.75 Å². The molecule has 0 saturated heterocycles. The van der Waals surface area contributed by atoms with Gasteiger partial charge in [0.1, 0.15) is 12.0 Å². The molecular weight excluding hydrogens is 152 g/mol. The minimum absolute atomic E-state index is 0.193. The maximum Gasteiger partial charge on any atom is 0.150 e. The number of aldehydes is 1. The van der Waals surface area contributed by atoms with Crippen molar-refractivity contribution < 1.29 is 9.90 Å². The molecule has 1 aromatic carbocycles. The van der Waals surface area contributed by atoms with E-state index in [9.17, 15) is 9.90 Å². The molecule has 0 fully saturated rings. The summed E-state index contributed by atoms with van der Waals surface area (Å²) in [7, 11) is 0. The summed E-state index contributed by atoms with van der Waals surface area (Å²) in [4.78, 5) is 10.4. The number of phenolic OH excluding ortho intramolecular Hbond substituents is 1. The number of hydrogen-bond acceptors (Lipinski definition) is 2. The summed E-state index contributed by atoms with van der Waals surface area (Å²) in [6.07, 6.45) is 4.32. The molecule has 0 aliphatic rings. The number of allylic oxidation sites excluding steroid dienone is 1. The van der Waals surface area contributed by atoms with Gasteiger partial charge in [0.05, 0.1) is 0 Å². The zero-order chi connectivity index (χ0) is 8.97. The van der Waals surface area contributed by atoms with Crippen LogP contribution in [0.25, 0.3) is 6.08 Å². The molecule has 62 valence electrons. The third-order valence-corrected chi connectivity index (χ3v) is 1.53. The molecule has 0 saturated carbocycles. The Balaban J connectivity index is 3.16. The molecule has 0 aliphatic carbocycles. The molecule has 1 rings (SSSR count). The molecule has 12 heavy (non-hydrogen) atoms. The van der Waals surface area contributed by atoms with Crippen LogP contribution >= 0.6 is 0 Å². The number of benzene rings is 1. The molecule has 2 heteroatoms. The summed E-state index contributed by atoms with van der Waals surface area (Å²) >= 11 is 0. The molecule has 0 spiro atoms. The fourth-order valence-corrected chi connectivity index (χ4v) is 0.959. The molecule has 0 amide bonds. The molecule has 0 aromatic heterocycles. The average Bonchev–Trinajstić information content (AvgIpc) is 2.09. The van der Waals surface area contributed by atoms with Crippen molar-refractivity contribution in [2.75, 3.05) is 0 Å². The van der Waals surface area contributed by atoms with E-state index in [4.69, 9.17) is 0 Å². The van der Waals surface area contributed by atoms with Crippen molar-refractivity contribution in [1.82, 2.24) is 0 Å². The Kier molecular flexibility index (Phi) is 2.64. The van der Waals surface area contributed by atoms with Gasteiger partial charge in [-0.05, 0) is 25.1 Å². The predicted molar refractivity (Wildman–Crippen MR) is 48.2 cm³/mol. The van der Waals surface area contributed by atoms with Gasteiger partial charge in [0.2, 0.25) is 0 Å². The Morgan fingerprint density at radius 2 is 2.17 bits per heavy atom. The summed E-state index contributed by atoms with van der Waals surface area (Å²) in [6, 6.07) is 4.73. The van der Waals surface area contributed by atoms with Crippen molar-refractivity contribution in [3.8, 4) is 5.75 Å². The largest absolute Gasteiger partial charge is 0.507 e. The number of rotatable bonds is 2. The summed E-state index contributed by atoms with van der Waals surface area (Å²) in [5.74, 6) is 0.193. The highest BCUT2D eigenvalue weighted by atomic mass is 16.3. The quantitative estimate of drug-likeness (QED) is 0.677. The Hall–Kier alpha value is -1.57. The topological polar surface area (TPSA) is 37.3 Å². The summed E-state index contributed by atoms with van der Waals surface area (Å²) in [5, 5.41) is 9.29. The first-order chi connectivity index (χ1) is 5.77. The molecular formula is C10H10O2. The van der Waals surface area contributed by atoms with Crippen LogP contribution in [0.1, 0.15) is 22.8 Å². The Morgan fingerprint density at radius 3 is 2.75 bits per heavy atom. The fourth-order valence-electron chi connectivity index (χ4n) is 0.959. The van der Waals surface area contributed by atoms with E-state index in [1.165, 1.54) is 6.07 Å². The van der Waals surface area contributed by atoms with Crippen LogP contribution in [0.4, 0.5) is 0 Å². The standard InChI is InChI=1S/C10H10O2/c1-2-3-9-6-8(7-11)4-5-10(9)12/h2-7,12H,1H3/b3-2+. The van der Waals surface area contributed by atoms with Gasteiger partial charge in [-0.25, -0.2) is 0 Å². The van der Waals surface area contributed by atoms with Gasteiger partial charge < -0.3 is 5.11 Å². The lowest BCUT2D eigenvalue weighted by Crippen LogP contribution is -1.81. The van der Waals surface area contributed by atoms with E-state index in [1.54, 1.807) is 18.2 Å². The number of carbonyl (C=O) groups excluding carboxylic acids is 1. The van der Waals surface area contributed by atoms with Crippen molar-refractivity contribution in [2.24, 2.45) is 0 Å². The maximum absolute atomic E-state index is 10.4. The molecule has 1 aromatic rings. The van der Waals surface area contributed by atoms with Crippen molar-refractivity contribution in [3.63, 3.8) is 0 Å². The lowest BCUT2D eigenvalue weighted by molar-refractivity contribution is 0.112. The zero-order valence-corrected chi connectivity index (χ0v) is 6.82. The number of hydrogen-bond donors (Lipinski definition) is 1. The van der Waals surface area contributed by atoms with Crippen LogP contribution in [0.2, 0.25) is 0 Å². The SMILES string of the molecule is C/C=C/c1cc(C=O)ccc1O. The van der Waals surface area contributed by atoms with E-state index in [2.05, 4.69) is 0 Å². The van der Waals surface area contributed by atoms with Gasteiger partial charge in [0.25, 0.3) is 0 Å². The van der Waals surface area contributed by atoms with E-state index >= 15 is 0 Å².